The molecule has 0 aliphatic heterocycles. The topological polar surface area (TPSA) is 125 Å². The summed E-state index contributed by atoms with van der Waals surface area (Å²) in [4.78, 5) is 43.6. The summed E-state index contributed by atoms with van der Waals surface area (Å²) in [5.74, 6) is -2.32. The summed E-state index contributed by atoms with van der Waals surface area (Å²) in [6.45, 7) is 4.18. The van der Waals surface area contributed by atoms with Crippen LogP contribution in [0.5, 0.6) is 0 Å². The van der Waals surface area contributed by atoms with Gasteiger partial charge in [-0.15, -0.1) is 0 Å². The molecule has 3 amide bonds. The van der Waals surface area contributed by atoms with Crippen molar-refractivity contribution in [2.24, 2.45) is 0 Å². The first kappa shape index (κ1) is 15.9. The van der Waals surface area contributed by atoms with Crippen molar-refractivity contribution in [3.8, 4) is 0 Å². The van der Waals surface area contributed by atoms with Gasteiger partial charge in [-0.3, -0.25) is 19.2 Å². The van der Waals surface area contributed by atoms with Gasteiger partial charge in [0.2, 0.25) is 18.2 Å². The summed E-state index contributed by atoms with van der Waals surface area (Å²) in [6, 6.07) is -2.70. The summed E-state index contributed by atoms with van der Waals surface area (Å²) >= 11 is 0. The van der Waals surface area contributed by atoms with Crippen LogP contribution in [0.1, 0.15) is 20.8 Å². The molecule has 0 aliphatic rings. The molecule has 0 heterocycles. The Kier molecular flexibility index (Phi) is 6.40. The van der Waals surface area contributed by atoms with E-state index in [2.05, 4.69) is 16.0 Å². The van der Waals surface area contributed by atoms with E-state index in [1.165, 1.54) is 20.8 Å². The summed E-state index contributed by atoms with van der Waals surface area (Å²) in [7, 11) is 0. The third kappa shape index (κ3) is 5.28. The van der Waals surface area contributed by atoms with Gasteiger partial charge in [0.15, 0.2) is 0 Å². The van der Waals surface area contributed by atoms with Crippen LogP contribution in [0.15, 0.2) is 0 Å². The third-order valence-electron chi connectivity index (χ3n) is 2.19. The zero-order valence-corrected chi connectivity index (χ0v) is 10.4. The predicted octanol–water partition coefficient (Wildman–Crippen LogP) is -1.79. The molecular formula is C10H17N3O5. The van der Waals surface area contributed by atoms with E-state index in [9.17, 15) is 19.2 Å². The lowest BCUT2D eigenvalue weighted by molar-refractivity contribution is -0.141. The molecule has 8 nitrogen and oxygen atoms in total. The van der Waals surface area contributed by atoms with Gasteiger partial charge in [0.05, 0.1) is 0 Å². The Morgan fingerprint density at radius 1 is 0.944 bits per heavy atom. The van der Waals surface area contributed by atoms with Crippen LogP contribution in [-0.4, -0.2) is 47.4 Å². The molecule has 0 saturated carbocycles. The van der Waals surface area contributed by atoms with Gasteiger partial charge in [0, 0.05) is 0 Å². The number of nitrogens with one attached hydrogen (secondary N) is 3. The quantitative estimate of drug-likeness (QED) is 0.402. The minimum atomic E-state index is -1.17. The molecule has 4 N–H and O–H groups in total. The highest BCUT2D eigenvalue weighted by atomic mass is 16.4. The Labute approximate surface area is 104 Å². The third-order valence-corrected chi connectivity index (χ3v) is 2.19. The monoisotopic (exact) mass is 259 g/mol. The van der Waals surface area contributed by atoms with Gasteiger partial charge in [-0.25, -0.2) is 0 Å². The second-order valence-electron chi connectivity index (χ2n) is 3.80. The number of carbonyl (C=O) groups is 4. The van der Waals surface area contributed by atoms with Gasteiger partial charge in [0.1, 0.15) is 18.1 Å². The first-order valence-electron chi connectivity index (χ1n) is 5.32. The maximum Gasteiger partial charge on any atom is 0.325 e. The highest BCUT2D eigenvalue weighted by Gasteiger charge is 2.22. The molecule has 3 atom stereocenters. The number of amides is 3. The van der Waals surface area contributed by atoms with Crippen molar-refractivity contribution in [3.63, 3.8) is 0 Å². The molecule has 102 valence electrons. The fourth-order valence-corrected chi connectivity index (χ4v) is 0.982. The summed E-state index contributed by atoms with van der Waals surface area (Å²) < 4.78 is 0. The second-order valence-corrected chi connectivity index (χ2v) is 3.80. The molecule has 8 heteroatoms. The SMILES string of the molecule is C[C@H](NC(=O)[C@H](C)NC(=O)[C@H](C)NC=O)C(=O)O. The van der Waals surface area contributed by atoms with Gasteiger partial charge in [-0.2, -0.15) is 0 Å². The smallest absolute Gasteiger partial charge is 0.325 e. The van der Waals surface area contributed by atoms with Crippen LogP contribution in [0.4, 0.5) is 0 Å². The van der Waals surface area contributed by atoms with Crippen LogP contribution in [-0.2, 0) is 19.2 Å². The number of rotatable bonds is 7. The lowest BCUT2D eigenvalue weighted by Gasteiger charge is -2.18. The number of aliphatic carboxylic acids is 1. The molecule has 0 unspecified atom stereocenters. The Bertz CT molecular complexity index is 344. The van der Waals surface area contributed by atoms with E-state index >= 15 is 0 Å². The molecule has 0 radical (unpaired) electrons. The first-order chi connectivity index (χ1) is 8.29. The van der Waals surface area contributed by atoms with Crippen molar-refractivity contribution in [1.82, 2.24) is 16.0 Å². The van der Waals surface area contributed by atoms with Crippen LogP contribution in [0.2, 0.25) is 0 Å². The largest absolute Gasteiger partial charge is 0.480 e. The lowest BCUT2D eigenvalue weighted by Crippen LogP contribution is -2.52. The van der Waals surface area contributed by atoms with Crippen LogP contribution < -0.4 is 16.0 Å². The van der Waals surface area contributed by atoms with E-state index in [-0.39, 0.29) is 0 Å². The number of hydrogen-bond donors (Lipinski definition) is 4. The maximum atomic E-state index is 11.5. The molecule has 0 aliphatic carbocycles. The van der Waals surface area contributed by atoms with Gasteiger partial charge < -0.3 is 21.1 Å². The average Bonchev–Trinajstić information content (AvgIpc) is 2.28. The molecule has 0 saturated heterocycles. The zero-order chi connectivity index (χ0) is 14.3. The molecule has 18 heavy (non-hydrogen) atoms. The minimum absolute atomic E-state index is 0.376. The Hall–Kier alpha value is -2.12. The van der Waals surface area contributed by atoms with Crippen molar-refractivity contribution < 1.29 is 24.3 Å². The van der Waals surface area contributed by atoms with E-state index in [0.29, 0.717) is 6.41 Å². The molecule has 0 bridgehead atoms. The maximum absolute atomic E-state index is 11.5. The van der Waals surface area contributed by atoms with Crippen LogP contribution in [0.3, 0.4) is 0 Å². The highest BCUT2D eigenvalue weighted by molar-refractivity contribution is 5.91. The second kappa shape index (κ2) is 7.25. The van der Waals surface area contributed by atoms with Crippen LogP contribution in [0, 0.1) is 0 Å². The molecule has 0 fully saturated rings. The van der Waals surface area contributed by atoms with Crippen molar-refractivity contribution in [1.29, 1.82) is 0 Å². The fourth-order valence-electron chi connectivity index (χ4n) is 0.982. The summed E-state index contributed by atoms with van der Waals surface area (Å²) in [5, 5.41) is 15.4. The van der Waals surface area contributed by atoms with E-state index < -0.39 is 35.9 Å². The Morgan fingerprint density at radius 2 is 1.39 bits per heavy atom. The van der Waals surface area contributed by atoms with Gasteiger partial charge in [0.25, 0.3) is 0 Å². The van der Waals surface area contributed by atoms with Crippen molar-refractivity contribution in [2.75, 3.05) is 0 Å². The molecule has 0 spiro atoms. The number of hydrogen-bond acceptors (Lipinski definition) is 4. The van der Waals surface area contributed by atoms with Crippen molar-refractivity contribution >= 4 is 24.2 Å². The lowest BCUT2D eigenvalue weighted by atomic mass is 10.2. The van der Waals surface area contributed by atoms with Gasteiger partial charge >= 0.3 is 5.97 Å². The first-order valence-corrected chi connectivity index (χ1v) is 5.32. The zero-order valence-electron chi connectivity index (χ0n) is 10.4. The number of carbonyl (C=O) groups excluding carboxylic acids is 3. The van der Waals surface area contributed by atoms with Gasteiger partial charge in [-0.1, -0.05) is 0 Å². The molecule has 0 rings (SSSR count). The van der Waals surface area contributed by atoms with E-state index in [4.69, 9.17) is 5.11 Å². The van der Waals surface area contributed by atoms with E-state index in [1.807, 2.05) is 0 Å². The summed E-state index contributed by atoms with van der Waals surface area (Å²) in [6.07, 6.45) is 0.376. The standard InChI is InChI=1S/C10H17N3O5/c1-5(11-4-14)8(15)12-6(2)9(16)13-7(3)10(17)18/h4-7H,1-3H3,(H,11,14)(H,12,15)(H,13,16)(H,17,18)/t5-,6-,7-/m0/s1. The Morgan fingerprint density at radius 3 is 1.83 bits per heavy atom. The minimum Gasteiger partial charge on any atom is -0.480 e. The van der Waals surface area contributed by atoms with Crippen LogP contribution in [0.25, 0.3) is 0 Å². The van der Waals surface area contributed by atoms with E-state index in [1.54, 1.807) is 0 Å². The molecule has 0 aromatic carbocycles. The van der Waals surface area contributed by atoms with Gasteiger partial charge in [-0.05, 0) is 20.8 Å². The Balaban J connectivity index is 4.27. The molecular weight excluding hydrogens is 242 g/mol. The molecule has 0 aromatic rings. The predicted molar refractivity (Wildman–Crippen MR) is 61.5 cm³/mol. The number of carboxylic acid groups (broad SMARTS) is 1. The van der Waals surface area contributed by atoms with Crippen LogP contribution >= 0.6 is 0 Å². The molecule has 0 aromatic heterocycles. The average molecular weight is 259 g/mol. The van der Waals surface area contributed by atoms with E-state index in [0.717, 1.165) is 0 Å². The fraction of sp³-hybridized carbons (Fsp3) is 0.600. The normalized spacial score (nSPS) is 14.8. The van der Waals surface area contributed by atoms with Crippen molar-refractivity contribution in [3.05, 3.63) is 0 Å². The number of carboxylic acids is 1. The summed E-state index contributed by atoms with van der Waals surface area (Å²) in [5.41, 5.74) is 0. The highest BCUT2D eigenvalue weighted by Crippen LogP contribution is 1.89. The van der Waals surface area contributed by atoms with Crippen molar-refractivity contribution in [2.45, 2.75) is 38.9 Å².